The highest BCUT2D eigenvalue weighted by atomic mass is 35.5. The Morgan fingerprint density at radius 3 is 2.59 bits per heavy atom. The van der Waals surface area contributed by atoms with Gasteiger partial charge >= 0.3 is 5.97 Å². The summed E-state index contributed by atoms with van der Waals surface area (Å²) in [4.78, 5) is 21.4. The fourth-order valence-electron chi connectivity index (χ4n) is 1.34. The molecule has 5 heteroatoms. The number of ether oxygens (including phenoxy) is 1. The molecule has 0 aromatic rings. The molecule has 17 heavy (non-hydrogen) atoms. The summed E-state index contributed by atoms with van der Waals surface area (Å²) in [6.45, 7) is 2.65. The van der Waals surface area contributed by atoms with Gasteiger partial charge in [-0.2, -0.15) is 0 Å². The highest BCUT2D eigenvalue weighted by Gasteiger charge is 2.05. The molecule has 1 atom stereocenters. The molecule has 102 valence electrons. The summed E-state index contributed by atoms with van der Waals surface area (Å²) in [5.41, 5.74) is 5.39. The first-order valence-electron chi connectivity index (χ1n) is 6.07. The van der Waals surface area contributed by atoms with Crippen LogP contribution in [0.15, 0.2) is 0 Å². The van der Waals surface area contributed by atoms with Crippen molar-refractivity contribution in [1.29, 1.82) is 0 Å². The van der Waals surface area contributed by atoms with Crippen molar-refractivity contribution in [3.05, 3.63) is 0 Å². The third-order valence-corrected chi connectivity index (χ3v) is 2.35. The number of halogens is 1. The van der Waals surface area contributed by atoms with Crippen LogP contribution in [-0.2, 0) is 14.3 Å². The van der Waals surface area contributed by atoms with Gasteiger partial charge in [-0.1, -0.05) is 26.2 Å². The Labute approximate surface area is 110 Å². The lowest BCUT2D eigenvalue weighted by Crippen LogP contribution is -2.21. The van der Waals surface area contributed by atoms with Gasteiger partial charge in [0.05, 0.1) is 12.6 Å². The van der Waals surface area contributed by atoms with Crippen LogP contribution in [0.3, 0.4) is 0 Å². The van der Waals surface area contributed by atoms with Gasteiger partial charge in [0.1, 0.15) is 6.29 Å². The maximum Gasteiger partial charge on any atom is 0.305 e. The molecule has 0 aromatic carbocycles. The fraction of sp³-hybridized carbons (Fsp3) is 0.833. The lowest BCUT2D eigenvalue weighted by atomic mass is 10.1. The SMILES string of the molecule is CCCCCCOC(=O)CCCC(N)C=O.Cl. The molecule has 0 bridgehead atoms. The van der Waals surface area contributed by atoms with Crippen molar-refractivity contribution in [3.8, 4) is 0 Å². The Morgan fingerprint density at radius 1 is 1.29 bits per heavy atom. The van der Waals surface area contributed by atoms with E-state index in [1.807, 2.05) is 0 Å². The molecule has 0 spiro atoms. The fourth-order valence-corrected chi connectivity index (χ4v) is 1.34. The van der Waals surface area contributed by atoms with Gasteiger partial charge < -0.3 is 15.3 Å². The number of unbranched alkanes of at least 4 members (excludes halogenated alkanes) is 3. The number of nitrogens with two attached hydrogens (primary N) is 1. The summed E-state index contributed by atoms with van der Waals surface area (Å²) < 4.78 is 5.04. The largest absolute Gasteiger partial charge is 0.466 e. The van der Waals surface area contributed by atoms with Gasteiger partial charge in [-0.3, -0.25) is 4.79 Å². The van der Waals surface area contributed by atoms with Gasteiger partial charge in [0.2, 0.25) is 0 Å². The summed E-state index contributed by atoms with van der Waals surface area (Å²) >= 11 is 0. The zero-order valence-corrected chi connectivity index (χ0v) is 11.3. The van der Waals surface area contributed by atoms with Crippen LogP contribution in [0.1, 0.15) is 51.9 Å². The van der Waals surface area contributed by atoms with Crippen LogP contribution in [0.5, 0.6) is 0 Å². The number of carbonyl (C=O) groups excluding carboxylic acids is 2. The topological polar surface area (TPSA) is 69.4 Å². The molecule has 0 fully saturated rings. The summed E-state index contributed by atoms with van der Waals surface area (Å²) in [7, 11) is 0. The Bertz CT molecular complexity index is 200. The van der Waals surface area contributed by atoms with E-state index >= 15 is 0 Å². The molecular formula is C12H24ClNO3. The van der Waals surface area contributed by atoms with Gasteiger partial charge in [-0.25, -0.2) is 0 Å². The van der Waals surface area contributed by atoms with E-state index in [0.717, 1.165) is 12.8 Å². The molecule has 0 saturated carbocycles. The van der Waals surface area contributed by atoms with Crippen molar-refractivity contribution in [2.75, 3.05) is 6.61 Å². The molecular weight excluding hydrogens is 242 g/mol. The zero-order valence-electron chi connectivity index (χ0n) is 10.5. The van der Waals surface area contributed by atoms with E-state index in [2.05, 4.69) is 6.92 Å². The van der Waals surface area contributed by atoms with E-state index in [9.17, 15) is 9.59 Å². The first-order chi connectivity index (χ1) is 7.70. The summed E-state index contributed by atoms with van der Waals surface area (Å²) in [5, 5.41) is 0. The molecule has 0 heterocycles. The second-order valence-electron chi connectivity index (χ2n) is 3.97. The smallest absolute Gasteiger partial charge is 0.305 e. The van der Waals surface area contributed by atoms with Gasteiger partial charge in [0.15, 0.2) is 0 Å². The van der Waals surface area contributed by atoms with E-state index in [4.69, 9.17) is 10.5 Å². The number of carbonyl (C=O) groups is 2. The molecule has 4 nitrogen and oxygen atoms in total. The van der Waals surface area contributed by atoms with Crippen molar-refractivity contribution in [2.45, 2.75) is 57.9 Å². The normalized spacial score (nSPS) is 11.4. The third kappa shape index (κ3) is 13.3. The van der Waals surface area contributed by atoms with Crippen LogP contribution in [0.4, 0.5) is 0 Å². The Balaban J connectivity index is 0. The molecule has 1 unspecified atom stereocenters. The van der Waals surface area contributed by atoms with Crippen molar-refractivity contribution in [1.82, 2.24) is 0 Å². The minimum Gasteiger partial charge on any atom is -0.466 e. The molecule has 0 rings (SSSR count). The molecule has 0 radical (unpaired) electrons. The van der Waals surface area contributed by atoms with Gasteiger partial charge in [0, 0.05) is 6.42 Å². The predicted molar refractivity (Wildman–Crippen MR) is 70.2 cm³/mol. The van der Waals surface area contributed by atoms with E-state index in [1.54, 1.807) is 0 Å². The van der Waals surface area contributed by atoms with Gasteiger partial charge in [0.25, 0.3) is 0 Å². The Hall–Kier alpha value is -0.610. The molecule has 2 N–H and O–H groups in total. The first kappa shape index (κ1) is 18.7. The van der Waals surface area contributed by atoms with Crippen molar-refractivity contribution >= 4 is 24.7 Å². The minimum atomic E-state index is -0.447. The van der Waals surface area contributed by atoms with E-state index < -0.39 is 6.04 Å². The molecule has 0 aliphatic heterocycles. The zero-order chi connectivity index (χ0) is 12.2. The van der Waals surface area contributed by atoms with E-state index in [-0.39, 0.29) is 18.4 Å². The Kier molecular flexibility index (Phi) is 14.8. The molecule has 0 aromatic heterocycles. The number of aldehydes is 1. The van der Waals surface area contributed by atoms with Crippen molar-refractivity contribution in [2.24, 2.45) is 5.73 Å². The van der Waals surface area contributed by atoms with Crippen molar-refractivity contribution < 1.29 is 14.3 Å². The lowest BCUT2D eigenvalue weighted by Gasteiger charge is -2.05. The second-order valence-corrected chi connectivity index (χ2v) is 3.97. The number of hydrogen-bond acceptors (Lipinski definition) is 4. The molecule has 0 amide bonds. The van der Waals surface area contributed by atoms with Crippen LogP contribution in [-0.4, -0.2) is 24.9 Å². The second kappa shape index (κ2) is 13.5. The van der Waals surface area contributed by atoms with Crippen LogP contribution in [0, 0.1) is 0 Å². The molecule has 0 aliphatic carbocycles. The maximum absolute atomic E-state index is 11.2. The van der Waals surface area contributed by atoms with Crippen molar-refractivity contribution in [3.63, 3.8) is 0 Å². The predicted octanol–water partition coefficient (Wildman–Crippen LogP) is 2.23. The average Bonchev–Trinajstić information content (AvgIpc) is 2.28. The van der Waals surface area contributed by atoms with E-state index in [1.165, 1.54) is 12.8 Å². The lowest BCUT2D eigenvalue weighted by molar-refractivity contribution is -0.144. The highest BCUT2D eigenvalue weighted by molar-refractivity contribution is 5.85. The summed E-state index contributed by atoms with van der Waals surface area (Å²) in [6.07, 6.45) is 6.64. The number of esters is 1. The number of hydrogen-bond donors (Lipinski definition) is 1. The van der Waals surface area contributed by atoms with Crippen LogP contribution < -0.4 is 5.73 Å². The summed E-state index contributed by atoms with van der Waals surface area (Å²) in [6, 6.07) is -0.447. The molecule has 0 saturated heterocycles. The standard InChI is InChI=1S/C12H23NO3.ClH/c1-2-3-4-5-9-16-12(15)8-6-7-11(13)10-14;/h10-11H,2-9,13H2,1H3;1H. The van der Waals surface area contributed by atoms with Gasteiger partial charge in [-0.15, -0.1) is 12.4 Å². The van der Waals surface area contributed by atoms with Gasteiger partial charge in [-0.05, 0) is 19.3 Å². The summed E-state index contributed by atoms with van der Waals surface area (Å²) in [5.74, 6) is -0.186. The van der Waals surface area contributed by atoms with Crippen LogP contribution in [0.25, 0.3) is 0 Å². The van der Waals surface area contributed by atoms with E-state index in [0.29, 0.717) is 32.2 Å². The van der Waals surface area contributed by atoms with Crippen LogP contribution in [0.2, 0.25) is 0 Å². The number of rotatable bonds is 10. The minimum absolute atomic E-state index is 0. The van der Waals surface area contributed by atoms with Crippen LogP contribution >= 0.6 is 12.4 Å². The maximum atomic E-state index is 11.2. The Morgan fingerprint density at radius 2 is 2.00 bits per heavy atom. The highest BCUT2D eigenvalue weighted by Crippen LogP contribution is 2.02. The molecule has 0 aliphatic rings. The quantitative estimate of drug-likeness (QED) is 0.374. The monoisotopic (exact) mass is 265 g/mol. The first-order valence-corrected chi connectivity index (χ1v) is 6.07. The average molecular weight is 266 g/mol. The third-order valence-electron chi connectivity index (χ3n) is 2.35.